The van der Waals surface area contributed by atoms with Crippen molar-refractivity contribution in [2.75, 3.05) is 0 Å². The number of hydrogen-bond donors (Lipinski definition) is 1. The SMILES string of the molecule is CCc1ccc(-c2cccc(/C=C(\C#N)C(=O)NC3(c4ccccc4)CCCC3)n2)cc1.O=C=O. The Morgan fingerprint density at radius 1 is 1.00 bits per heavy atom. The van der Waals surface area contributed by atoms with Crippen molar-refractivity contribution >= 4 is 18.1 Å². The second kappa shape index (κ2) is 12.2. The van der Waals surface area contributed by atoms with E-state index in [2.05, 4.69) is 59.7 Å². The van der Waals surface area contributed by atoms with Gasteiger partial charge in [-0.1, -0.05) is 80.4 Å². The van der Waals surface area contributed by atoms with E-state index < -0.39 is 5.54 Å². The van der Waals surface area contributed by atoms with Crippen molar-refractivity contribution < 1.29 is 14.4 Å². The van der Waals surface area contributed by atoms with Gasteiger partial charge in [0.25, 0.3) is 5.91 Å². The molecule has 1 fully saturated rings. The third-order valence-electron chi connectivity index (χ3n) is 6.22. The Balaban J connectivity index is 0.00000108. The van der Waals surface area contributed by atoms with Crippen LogP contribution in [0.5, 0.6) is 0 Å². The molecular formula is C29H27N3O3. The van der Waals surface area contributed by atoms with Gasteiger partial charge in [0.1, 0.15) is 11.6 Å². The lowest BCUT2D eigenvalue weighted by molar-refractivity contribution is -0.191. The number of aromatic nitrogens is 1. The Kier molecular flexibility index (Phi) is 8.83. The van der Waals surface area contributed by atoms with E-state index in [1.165, 1.54) is 5.56 Å². The molecule has 0 spiro atoms. The number of aryl methyl sites for hydroxylation is 1. The van der Waals surface area contributed by atoms with Crippen molar-refractivity contribution in [2.24, 2.45) is 0 Å². The molecule has 176 valence electrons. The predicted molar refractivity (Wildman–Crippen MR) is 132 cm³/mol. The Hall–Kier alpha value is -4.33. The number of rotatable bonds is 6. The fraction of sp³-hybridized carbons (Fsp3) is 0.241. The summed E-state index contributed by atoms with van der Waals surface area (Å²) < 4.78 is 0. The summed E-state index contributed by atoms with van der Waals surface area (Å²) in [6.45, 7) is 2.13. The lowest BCUT2D eigenvalue weighted by Crippen LogP contribution is -2.44. The number of carbonyl (C=O) groups is 1. The highest BCUT2D eigenvalue weighted by Crippen LogP contribution is 2.38. The number of hydrogen-bond acceptors (Lipinski definition) is 5. The van der Waals surface area contributed by atoms with Gasteiger partial charge in [-0.3, -0.25) is 4.79 Å². The summed E-state index contributed by atoms with van der Waals surface area (Å²) in [4.78, 5) is 34.0. The molecule has 3 aromatic rings. The first-order chi connectivity index (χ1) is 17.0. The second-order valence-corrected chi connectivity index (χ2v) is 8.36. The zero-order valence-corrected chi connectivity index (χ0v) is 19.7. The Morgan fingerprint density at radius 3 is 2.26 bits per heavy atom. The number of benzene rings is 2. The monoisotopic (exact) mass is 465 g/mol. The van der Waals surface area contributed by atoms with Crippen LogP contribution in [0.1, 0.15) is 49.4 Å². The van der Waals surface area contributed by atoms with E-state index in [-0.39, 0.29) is 17.6 Å². The van der Waals surface area contributed by atoms with E-state index in [1.807, 2.05) is 36.4 Å². The van der Waals surface area contributed by atoms with Crippen molar-refractivity contribution in [1.29, 1.82) is 5.26 Å². The predicted octanol–water partition coefficient (Wildman–Crippen LogP) is 5.22. The van der Waals surface area contributed by atoms with Crippen LogP contribution >= 0.6 is 0 Å². The van der Waals surface area contributed by atoms with Gasteiger partial charge in [-0.05, 0) is 48.6 Å². The van der Waals surface area contributed by atoms with Gasteiger partial charge in [-0.15, -0.1) is 0 Å². The number of carbonyl (C=O) groups excluding carboxylic acids is 3. The van der Waals surface area contributed by atoms with Crippen LogP contribution in [-0.4, -0.2) is 17.0 Å². The number of nitriles is 1. The Morgan fingerprint density at radius 2 is 1.66 bits per heavy atom. The zero-order valence-electron chi connectivity index (χ0n) is 19.7. The van der Waals surface area contributed by atoms with Crippen LogP contribution < -0.4 is 5.32 Å². The van der Waals surface area contributed by atoms with Gasteiger partial charge in [-0.25, -0.2) is 4.98 Å². The topological polar surface area (TPSA) is 99.9 Å². The van der Waals surface area contributed by atoms with Gasteiger partial charge < -0.3 is 5.32 Å². The van der Waals surface area contributed by atoms with Gasteiger partial charge in [0, 0.05) is 5.56 Å². The van der Waals surface area contributed by atoms with Gasteiger partial charge in [0.2, 0.25) is 0 Å². The van der Waals surface area contributed by atoms with Gasteiger partial charge >= 0.3 is 6.15 Å². The van der Waals surface area contributed by atoms with Gasteiger partial charge in [0.15, 0.2) is 0 Å². The first-order valence-electron chi connectivity index (χ1n) is 11.6. The van der Waals surface area contributed by atoms with E-state index in [4.69, 9.17) is 9.59 Å². The third kappa shape index (κ3) is 6.38. The molecule has 0 bridgehead atoms. The third-order valence-corrected chi connectivity index (χ3v) is 6.22. The molecule has 1 amide bonds. The molecule has 0 radical (unpaired) electrons. The first kappa shape index (κ1) is 25.3. The van der Waals surface area contributed by atoms with Crippen LogP contribution in [0.15, 0.2) is 78.4 Å². The maximum absolute atomic E-state index is 13.1. The molecule has 0 atom stereocenters. The van der Waals surface area contributed by atoms with Crippen LogP contribution in [0.3, 0.4) is 0 Å². The summed E-state index contributed by atoms with van der Waals surface area (Å²) in [6, 6.07) is 26.1. The first-order valence-corrected chi connectivity index (χ1v) is 11.6. The summed E-state index contributed by atoms with van der Waals surface area (Å²) in [5.41, 5.74) is 4.44. The van der Waals surface area contributed by atoms with Crippen LogP contribution in [-0.2, 0) is 26.3 Å². The fourth-order valence-corrected chi connectivity index (χ4v) is 4.41. The average Bonchev–Trinajstić information content (AvgIpc) is 3.38. The lowest BCUT2D eigenvalue weighted by atomic mass is 9.88. The number of amides is 1. The van der Waals surface area contributed by atoms with Crippen LogP contribution in [0, 0.1) is 11.3 Å². The molecule has 1 aromatic heterocycles. The van der Waals surface area contributed by atoms with Crippen molar-refractivity contribution in [1.82, 2.24) is 10.3 Å². The molecule has 1 heterocycles. The van der Waals surface area contributed by atoms with Crippen LogP contribution in [0.2, 0.25) is 0 Å². The molecule has 1 N–H and O–H groups in total. The van der Waals surface area contributed by atoms with E-state index >= 15 is 0 Å². The highest BCUT2D eigenvalue weighted by Gasteiger charge is 2.37. The number of pyridine rings is 1. The second-order valence-electron chi connectivity index (χ2n) is 8.36. The molecule has 0 aliphatic heterocycles. The fourth-order valence-electron chi connectivity index (χ4n) is 4.41. The molecule has 0 saturated heterocycles. The minimum Gasteiger partial charge on any atom is -0.342 e. The summed E-state index contributed by atoms with van der Waals surface area (Å²) in [6.07, 6.45) is 6.68. The normalized spacial score (nSPS) is 14.1. The summed E-state index contributed by atoms with van der Waals surface area (Å²) in [7, 11) is 0. The average molecular weight is 466 g/mol. The van der Waals surface area contributed by atoms with Crippen molar-refractivity contribution in [3.8, 4) is 17.3 Å². The molecule has 6 nitrogen and oxygen atoms in total. The van der Waals surface area contributed by atoms with Crippen LogP contribution in [0.25, 0.3) is 17.3 Å². The highest BCUT2D eigenvalue weighted by molar-refractivity contribution is 6.02. The summed E-state index contributed by atoms with van der Waals surface area (Å²) in [5.74, 6) is -0.349. The minimum absolute atomic E-state index is 0.0678. The summed E-state index contributed by atoms with van der Waals surface area (Å²) in [5, 5.41) is 12.9. The Labute approximate surface area is 205 Å². The molecule has 4 rings (SSSR count). The van der Waals surface area contributed by atoms with Crippen molar-refractivity contribution in [2.45, 2.75) is 44.6 Å². The van der Waals surface area contributed by atoms with Crippen molar-refractivity contribution in [3.63, 3.8) is 0 Å². The lowest BCUT2D eigenvalue weighted by Gasteiger charge is -2.31. The van der Waals surface area contributed by atoms with E-state index in [0.29, 0.717) is 5.69 Å². The molecule has 35 heavy (non-hydrogen) atoms. The highest BCUT2D eigenvalue weighted by atomic mass is 16.2. The molecule has 1 aliphatic carbocycles. The maximum Gasteiger partial charge on any atom is 0.373 e. The molecule has 2 aromatic carbocycles. The number of nitrogens with one attached hydrogen (secondary N) is 1. The van der Waals surface area contributed by atoms with E-state index in [9.17, 15) is 10.1 Å². The zero-order chi connectivity index (χ0) is 25.1. The largest absolute Gasteiger partial charge is 0.373 e. The smallest absolute Gasteiger partial charge is 0.342 e. The minimum atomic E-state index is -0.412. The van der Waals surface area contributed by atoms with Gasteiger partial charge in [0.05, 0.1) is 16.9 Å². The quantitative estimate of drug-likeness (QED) is 0.397. The molecule has 6 heteroatoms. The van der Waals surface area contributed by atoms with Gasteiger partial charge in [-0.2, -0.15) is 14.9 Å². The Bertz CT molecular complexity index is 1250. The number of nitrogens with zero attached hydrogens (tertiary/aromatic N) is 2. The van der Waals surface area contributed by atoms with Crippen LogP contribution in [0.4, 0.5) is 0 Å². The molecule has 1 saturated carbocycles. The molecule has 0 unspecified atom stereocenters. The maximum atomic E-state index is 13.1. The standard InChI is InChI=1S/C28H27N3O.CO2/c1-2-21-13-15-22(16-14-21)26-12-8-11-25(30-26)19-23(20-29)27(32)31-28(17-6-7-18-28)24-9-4-3-5-10-24;2-1-3/h3-5,8-16,19H,2,6-7,17-18H2,1H3,(H,31,32);/b23-19+;. The van der Waals surface area contributed by atoms with Crippen molar-refractivity contribution in [3.05, 3.63) is 95.2 Å². The molecular weight excluding hydrogens is 438 g/mol. The summed E-state index contributed by atoms with van der Waals surface area (Å²) >= 11 is 0. The molecule has 1 aliphatic rings. The van der Waals surface area contributed by atoms with E-state index in [1.54, 1.807) is 6.08 Å². The van der Waals surface area contributed by atoms with E-state index in [0.717, 1.165) is 48.9 Å².